The standard InChI is InChI=1S/C14H17FN2O4/c1-17(7-8-5-9(18)6-8)14(21)16-12-10(13(19)20)3-2-4-11(12)15/h2-4,8-9,18H,5-7H2,1H3,(H,16,21)(H,19,20). The molecule has 2 rings (SSSR count). The third-order valence-electron chi connectivity index (χ3n) is 3.57. The van der Waals surface area contributed by atoms with Crippen LogP contribution in [0, 0.1) is 11.7 Å². The molecule has 0 unspecified atom stereocenters. The summed E-state index contributed by atoms with van der Waals surface area (Å²) in [6.45, 7) is 0.430. The molecule has 1 aliphatic rings. The lowest BCUT2D eigenvalue weighted by Crippen LogP contribution is -2.41. The summed E-state index contributed by atoms with van der Waals surface area (Å²) in [5.74, 6) is -1.89. The molecule has 0 radical (unpaired) electrons. The maximum absolute atomic E-state index is 13.7. The largest absolute Gasteiger partial charge is 0.478 e. The van der Waals surface area contributed by atoms with Crippen molar-refractivity contribution in [3.8, 4) is 0 Å². The van der Waals surface area contributed by atoms with Gasteiger partial charge in [-0.05, 0) is 30.9 Å². The van der Waals surface area contributed by atoms with Crippen LogP contribution in [-0.4, -0.2) is 46.8 Å². The Morgan fingerprint density at radius 3 is 2.67 bits per heavy atom. The average Bonchev–Trinajstić information content (AvgIpc) is 2.38. The van der Waals surface area contributed by atoms with E-state index in [1.54, 1.807) is 7.05 Å². The van der Waals surface area contributed by atoms with E-state index in [2.05, 4.69) is 5.32 Å². The third kappa shape index (κ3) is 3.49. The van der Waals surface area contributed by atoms with Crippen LogP contribution >= 0.6 is 0 Å². The Morgan fingerprint density at radius 2 is 2.10 bits per heavy atom. The predicted octanol–water partition coefficient (Wildman–Crippen LogP) is 1.76. The topological polar surface area (TPSA) is 89.9 Å². The lowest BCUT2D eigenvalue weighted by Gasteiger charge is -2.34. The van der Waals surface area contributed by atoms with Crippen LogP contribution in [0.15, 0.2) is 18.2 Å². The highest BCUT2D eigenvalue weighted by Gasteiger charge is 2.29. The molecule has 0 saturated heterocycles. The number of hydrogen-bond acceptors (Lipinski definition) is 3. The number of carboxylic acids is 1. The molecular formula is C14H17FN2O4. The number of nitrogens with one attached hydrogen (secondary N) is 1. The number of carboxylic acid groups (broad SMARTS) is 1. The van der Waals surface area contributed by atoms with Crippen molar-refractivity contribution in [2.75, 3.05) is 18.9 Å². The summed E-state index contributed by atoms with van der Waals surface area (Å²) in [6.07, 6.45) is 0.965. The third-order valence-corrected chi connectivity index (χ3v) is 3.57. The quantitative estimate of drug-likeness (QED) is 0.789. The summed E-state index contributed by atoms with van der Waals surface area (Å²) in [4.78, 5) is 24.4. The first-order chi connectivity index (χ1) is 9.88. The Labute approximate surface area is 121 Å². The molecule has 3 N–H and O–H groups in total. The summed E-state index contributed by atoms with van der Waals surface area (Å²) >= 11 is 0. The summed E-state index contributed by atoms with van der Waals surface area (Å²) in [5.41, 5.74) is -0.633. The second-order valence-corrected chi connectivity index (χ2v) is 5.27. The molecule has 0 heterocycles. The number of benzene rings is 1. The van der Waals surface area contributed by atoms with E-state index in [1.165, 1.54) is 17.0 Å². The van der Waals surface area contributed by atoms with Crippen LogP contribution in [0.3, 0.4) is 0 Å². The lowest BCUT2D eigenvalue weighted by molar-refractivity contribution is 0.0332. The molecule has 1 aliphatic carbocycles. The van der Waals surface area contributed by atoms with Crippen LogP contribution in [0.1, 0.15) is 23.2 Å². The van der Waals surface area contributed by atoms with Crippen molar-refractivity contribution in [3.63, 3.8) is 0 Å². The van der Waals surface area contributed by atoms with Crippen molar-refractivity contribution in [1.29, 1.82) is 0 Å². The number of rotatable bonds is 4. The van der Waals surface area contributed by atoms with Gasteiger partial charge in [-0.3, -0.25) is 0 Å². The van der Waals surface area contributed by atoms with E-state index in [4.69, 9.17) is 5.11 Å². The first-order valence-corrected chi connectivity index (χ1v) is 6.60. The number of aliphatic hydroxyl groups is 1. The molecule has 0 atom stereocenters. The van der Waals surface area contributed by atoms with Gasteiger partial charge in [-0.15, -0.1) is 0 Å². The average molecular weight is 296 g/mol. The van der Waals surface area contributed by atoms with Crippen molar-refractivity contribution in [3.05, 3.63) is 29.6 Å². The minimum absolute atomic E-state index is 0.218. The molecular weight excluding hydrogens is 279 g/mol. The molecule has 1 fully saturated rings. The van der Waals surface area contributed by atoms with Gasteiger partial charge in [0, 0.05) is 13.6 Å². The van der Waals surface area contributed by atoms with E-state index in [0.29, 0.717) is 19.4 Å². The highest BCUT2D eigenvalue weighted by atomic mass is 19.1. The zero-order valence-electron chi connectivity index (χ0n) is 11.5. The number of urea groups is 1. The van der Waals surface area contributed by atoms with Gasteiger partial charge in [-0.1, -0.05) is 6.07 Å². The maximum Gasteiger partial charge on any atom is 0.337 e. The number of aliphatic hydroxyl groups excluding tert-OH is 1. The van der Waals surface area contributed by atoms with Crippen LogP contribution in [-0.2, 0) is 0 Å². The van der Waals surface area contributed by atoms with E-state index in [0.717, 1.165) is 6.07 Å². The second kappa shape index (κ2) is 6.09. The Bertz CT molecular complexity index is 558. The number of halogens is 1. The Kier molecular flexibility index (Phi) is 4.42. The molecule has 1 aromatic carbocycles. The Balaban J connectivity index is 2.03. The monoisotopic (exact) mass is 296 g/mol. The number of carbonyl (C=O) groups excluding carboxylic acids is 1. The van der Waals surface area contributed by atoms with Crippen molar-refractivity contribution < 1.29 is 24.2 Å². The van der Waals surface area contributed by atoms with Crippen LogP contribution < -0.4 is 5.32 Å². The summed E-state index contributed by atoms with van der Waals surface area (Å²) < 4.78 is 13.7. The highest BCUT2D eigenvalue weighted by molar-refractivity contribution is 6.00. The van der Waals surface area contributed by atoms with Crippen LogP contribution in [0.25, 0.3) is 0 Å². The Morgan fingerprint density at radius 1 is 1.43 bits per heavy atom. The summed E-state index contributed by atoms with van der Waals surface area (Å²) in [5, 5.41) is 20.5. The molecule has 0 bridgehead atoms. The number of anilines is 1. The van der Waals surface area contributed by atoms with Gasteiger partial charge in [0.15, 0.2) is 0 Å². The molecule has 114 valence electrons. The van der Waals surface area contributed by atoms with Gasteiger partial charge in [-0.25, -0.2) is 14.0 Å². The zero-order chi connectivity index (χ0) is 15.6. The molecule has 2 amide bonds. The molecule has 7 heteroatoms. The predicted molar refractivity (Wildman–Crippen MR) is 73.7 cm³/mol. The van der Waals surface area contributed by atoms with Crippen molar-refractivity contribution in [2.45, 2.75) is 18.9 Å². The molecule has 1 aromatic rings. The fourth-order valence-electron chi connectivity index (χ4n) is 2.35. The van der Waals surface area contributed by atoms with Gasteiger partial charge in [0.2, 0.25) is 0 Å². The van der Waals surface area contributed by atoms with Gasteiger partial charge in [0.05, 0.1) is 17.4 Å². The number of amides is 2. The number of nitrogens with zero attached hydrogens (tertiary/aromatic N) is 1. The fraction of sp³-hybridized carbons (Fsp3) is 0.429. The number of carbonyl (C=O) groups is 2. The van der Waals surface area contributed by atoms with Gasteiger partial charge < -0.3 is 20.4 Å². The number of aromatic carboxylic acids is 1. The minimum atomic E-state index is -1.31. The molecule has 0 spiro atoms. The second-order valence-electron chi connectivity index (χ2n) is 5.27. The lowest BCUT2D eigenvalue weighted by atomic mass is 9.82. The zero-order valence-corrected chi connectivity index (χ0v) is 11.5. The van der Waals surface area contributed by atoms with Crippen molar-refractivity contribution >= 4 is 17.7 Å². The smallest absolute Gasteiger partial charge is 0.337 e. The fourth-order valence-corrected chi connectivity index (χ4v) is 2.35. The number of para-hydroxylation sites is 1. The molecule has 6 nitrogen and oxygen atoms in total. The van der Waals surface area contributed by atoms with Gasteiger partial charge in [0.25, 0.3) is 0 Å². The van der Waals surface area contributed by atoms with Crippen molar-refractivity contribution in [2.24, 2.45) is 5.92 Å². The molecule has 21 heavy (non-hydrogen) atoms. The first-order valence-electron chi connectivity index (χ1n) is 6.60. The van der Waals surface area contributed by atoms with E-state index in [9.17, 15) is 19.1 Å². The summed E-state index contributed by atoms with van der Waals surface area (Å²) in [6, 6.07) is 3.01. The van der Waals surface area contributed by atoms with Crippen LogP contribution in [0.5, 0.6) is 0 Å². The molecule has 1 saturated carbocycles. The van der Waals surface area contributed by atoms with Gasteiger partial charge in [0.1, 0.15) is 5.82 Å². The highest BCUT2D eigenvalue weighted by Crippen LogP contribution is 2.28. The SMILES string of the molecule is CN(CC1CC(O)C1)C(=O)Nc1c(F)cccc1C(=O)O. The van der Waals surface area contributed by atoms with E-state index < -0.39 is 17.8 Å². The normalized spacial score (nSPS) is 20.5. The van der Waals surface area contributed by atoms with Gasteiger partial charge >= 0.3 is 12.0 Å². The van der Waals surface area contributed by atoms with Crippen LogP contribution in [0.4, 0.5) is 14.9 Å². The Hall–Kier alpha value is -2.15. The first kappa shape index (κ1) is 15.2. The minimum Gasteiger partial charge on any atom is -0.478 e. The van der Waals surface area contributed by atoms with E-state index in [1.807, 2.05) is 0 Å². The van der Waals surface area contributed by atoms with E-state index in [-0.39, 0.29) is 23.3 Å². The number of hydrogen-bond donors (Lipinski definition) is 3. The molecule has 0 aliphatic heterocycles. The maximum atomic E-state index is 13.7. The van der Waals surface area contributed by atoms with Gasteiger partial charge in [-0.2, -0.15) is 0 Å². The van der Waals surface area contributed by atoms with Crippen molar-refractivity contribution in [1.82, 2.24) is 4.90 Å². The van der Waals surface area contributed by atoms with E-state index >= 15 is 0 Å². The molecule has 0 aromatic heterocycles. The van der Waals surface area contributed by atoms with Crippen LogP contribution in [0.2, 0.25) is 0 Å². The summed E-state index contributed by atoms with van der Waals surface area (Å²) in [7, 11) is 1.54.